The zero-order valence-electron chi connectivity index (χ0n) is 29.2. The van der Waals surface area contributed by atoms with Gasteiger partial charge in [0, 0.05) is 69.4 Å². The largest absolute Gasteiger partial charge is 0.496 e. The molecular formula is C34H45N7O8. The molecule has 3 heterocycles. The number of nitrogens with one attached hydrogen (secondary N) is 3. The van der Waals surface area contributed by atoms with Crippen LogP contribution < -0.4 is 25.8 Å². The van der Waals surface area contributed by atoms with E-state index in [1.165, 1.54) is 50.1 Å². The maximum absolute atomic E-state index is 14.5. The number of ether oxygens (including phenoxy) is 3. The Morgan fingerprint density at radius 2 is 1.84 bits per heavy atom. The lowest BCUT2D eigenvalue weighted by atomic mass is 10.0. The molecule has 3 aromatic rings. The van der Waals surface area contributed by atoms with E-state index < -0.39 is 41.3 Å². The van der Waals surface area contributed by atoms with Crippen molar-refractivity contribution in [2.45, 2.75) is 71.7 Å². The van der Waals surface area contributed by atoms with Crippen LogP contribution in [0.2, 0.25) is 0 Å². The molecule has 4 rings (SSSR count). The standard InChI is InChI=1S/C34H45N7O8/c1-20-14-28(48-8)24(16-35-20)29(30(43)37-23-10-9-13-40(18-23)33(46)49-34(3,4)5)41(31(44)26-19-39(6)32(45)38-26)17-22-11-12-27(47-7)25(15-22)36-21(2)42/h11-12,14-16,19,23,29H,9-10,13,17-18H2,1-8H3,(H,36,42)(H,37,43)(H,38,45). The number of carbonyl (C=O) groups excluding carboxylic acids is 4. The monoisotopic (exact) mass is 679 g/mol. The molecule has 0 saturated carbocycles. The fraction of sp³-hybridized carbons (Fsp3) is 0.471. The Morgan fingerprint density at radius 1 is 1.12 bits per heavy atom. The number of anilines is 1. The summed E-state index contributed by atoms with van der Waals surface area (Å²) in [6.45, 7) is 9.03. The third kappa shape index (κ3) is 9.18. The molecule has 0 radical (unpaired) electrons. The summed E-state index contributed by atoms with van der Waals surface area (Å²) in [5.74, 6) is -0.820. The molecule has 4 amide bonds. The average Bonchev–Trinajstić information content (AvgIpc) is 3.37. The van der Waals surface area contributed by atoms with Gasteiger partial charge in [0.05, 0.1) is 19.9 Å². The molecule has 0 spiro atoms. The number of piperidine rings is 1. The molecule has 264 valence electrons. The molecule has 15 nitrogen and oxygen atoms in total. The number of nitrogens with zero attached hydrogens (tertiary/aromatic N) is 4. The number of hydrogen-bond donors (Lipinski definition) is 3. The van der Waals surface area contributed by atoms with Crippen LogP contribution in [0.1, 0.15) is 73.9 Å². The fourth-order valence-electron chi connectivity index (χ4n) is 5.61. The minimum Gasteiger partial charge on any atom is -0.496 e. The highest BCUT2D eigenvalue weighted by Gasteiger charge is 2.38. The van der Waals surface area contributed by atoms with Gasteiger partial charge in [0.25, 0.3) is 5.91 Å². The van der Waals surface area contributed by atoms with Gasteiger partial charge in [-0.1, -0.05) is 6.07 Å². The highest BCUT2D eigenvalue weighted by atomic mass is 16.6. The van der Waals surface area contributed by atoms with Gasteiger partial charge in [0.15, 0.2) is 0 Å². The van der Waals surface area contributed by atoms with Gasteiger partial charge >= 0.3 is 11.8 Å². The number of aryl methyl sites for hydroxylation is 2. The van der Waals surface area contributed by atoms with Crippen molar-refractivity contribution in [2.75, 3.05) is 32.6 Å². The lowest BCUT2D eigenvalue weighted by Crippen LogP contribution is -2.53. The lowest BCUT2D eigenvalue weighted by Gasteiger charge is -2.36. The van der Waals surface area contributed by atoms with Crippen LogP contribution in [0.25, 0.3) is 0 Å². The number of carbonyl (C=O) groups is 4. The average molecular weight is 680 g/mol. The molecule has 1 aliphatic rings. The summed E-state index contributed by atoms with van der Waals surface area (Å²) in [4.78, 5) is 76.1. The Balaban J connectivity index is 1.80. The second-order valence-corrected chi connectivity index (χ2v) is 13.0. The van der Waals surface area contributed by atoms with E-state index >= 15 is 0 Å². The van der Waals surface area contributed by atoms with Gasteiger partial charge in [-0.3, -0.25) is 19.4 Å². The summed E-state index contributed by atoms with van der Waals surface area (Å²) >= 11 is 0. The molecule has 49 heavy (non-hydrogen) atoms. The topological polar surface area (TPSA) is 177 Å². The molecule has 1 aliphatic heterocycles. The molecule has 2 unspecified atom stereocenters. The summed E-state index contributed by atoms with van der Waals surface area (Å²) in [5, 5.41) is 5.79. The first-order valence-electron chi connectivity index (χ1n) is 15.9. The maximum atomic E-state index is 14.5. The van der Waals surface area contributed by atoms with Crippen molar-refractivity contribution in [1.29, 1.82) is 0 Å². The summed E-state index contributed by atoms with van der Waals surface area (Å²) in [6.07, 6.45) is 3.56. The van der Waals surface area contributed by atoms with Crippen molar-refractivity contribution in [3.05, 3.63) is 69.7 Å². The normalized spacial score (nSPS) is 15.2. The first-order valence-corrected chi connectivity index (χ1v) is 15.9. The Morgan fingerprint density at radius 3 is 2.45 bits per heavy atom. The summed E-state index contributed by atoms with van der Waals surface area (Å²) in [6, 6.07) is 4.88. The highest BCUT2D eigenvalue weighted by Crippen LogP contribution is 2.34. The van der Waals surface area contributed by atoms with Gasteiger partial charge in [-0.15, -0.1) is 0 Å². The van der Waals surface area contributed by atoms with Crippen molar-refractivity contribution >= 4 is 29.5 Å². The molecule has 2 aromatic heterocycles. The predicted molar refractivity (Wildman–Crippen MR) is 180 cm³/mol. The Bertz CT molecular complexity index is 1760. The molecule has 3 N–H and O–H groups in total. The number of benzene rings is 1. The number of likely N-dealkylation sites (tertiary alicyclic amines) is 1. The van der Waals surface area contributed by atoms with E-state index in [4.69, 9.17) is 14.2 Å². The zero-order valence-corrected chi connectivity index (χ0v) is 29.2. The van der Waals surface area contributed by atoms with Crippen LogP contribution in [0, 0.1) is 6.92 Å². The van der Waals surface area contributed by atoms with Gasteiger partial charge < -0.3 is 44.2 Å². The molecular weight excluding hydrogens is 634 g/mol. The molecule has 1 saturated heterocycles. The van der Waals surface area contributed by atoms with Crippen LogP contribution in [-0.4, -0.2) is 87.1 Å². The summed E-state index contributed by atoms with van der Waals surface area (Å²) < 4.78 is 17.9. The number of H-pyrrole nitrogens is 1. The first kappa shape index (κ1) is 36.5. The Labute approximate surface area is 284 Å². The van der Waals surface area contributed by atoms with Crippen LogP contribution in [0.4, 0.5) is 10.5 Å². The lowest BCUT2D eigenvalue weighted by molar-refractivity contribution is -0.127. The Hall–Kier alpha value is -5.34. The van der Waals surface area contributed by atoms with E-state index in [1.807, 2.05) is 0 Å². The van der Waals surface area contributed by atoms with Crippen LogP contribution in [0.5, 0.6) is 11.5 Å². The van der Waals surface area contributed by atoms with E-state index in [9.17, 15) is 24.0 Å². The SMILES string of the molecule is COc1ccc(CN(C(=O)c2cn(C)c(=O)[nH]2)C(C(=O)NC2CCCN(C(=O)OC(C)(C)C)C2)c2cnc(C)cc2OC)cc1NC(C)=O. The number of rotatable bonds is 10. The number of aromatic amines is 1. The number of imidazole rings is 1. The van der Waals surface area contributed by atoms with Gasteiger partial charge in [0.1, 0.15) is 28.8 Å². The van der Waals surface area contributed by atoms with Gasteiger partial charge in [-0.2, -0.15) is 0 Å². The molecule has 2 atom stereocenters. The van der Waals surface area contributed by atoms with Crippen molar-refractivity contribution in [1.82, 2.24) is 29.7 Å². The smallest absolute Gasteiger partial charge is 0.410 e. The van der Waals surface area contributed by atoms with Crippen LogP contribution in [0.15, 0.2) is 41.5 Å². The second-order valence-electron chi connectivity index (χ2n) is 13.0. The number of pyridine rings is 1. The molecule has 15 heteroatoms. The van der Waals surface area contributed by atoms with Gasteiger partial charge in [-0.05, 0) is 58.2 Å². The minimum absolute atomic E-state index is 0.0475. The van der Waals surface area contributed by atoms with Gasteiger partial charge in [0.2, 0.25) is 11.8 Å². The van der Waals surface area contributed by atoms with Crippen LogP contribution >= 0.6 is 0 Å². The molecule has 1 aromatic carbocycles. The van der Waals surface area contributed by atoms with Crippen molar-refractivity contribution in [2.24, 2.45) is 7.05 Å². The molecule has 0 bridgehead atoms. The number of aromatic nitrogens is 3. The van der Waals surface area contributed by atoms with E-state index in [0.717, 1.165) is 0 Å². The third-order valence-electron chi connectivity index (χ3n) is 7.83. The third-order valence-corrected chi connectivity index (χ3v) is 7.83. The van der Waals surface area contributed by atoms with Crippen LogP contribution in [0.3, 0.4) is 0 Å². The highest BCUT2D eigenvalue weighted by molar-refractivity contribution is 5.97. The van der Waals surface area contributed by atoms with Crippen molar-refractivity contribution in [3.63, 3.8) is 0 Å². The minimum atomic E-state index is -1.32. The Kier molecular flexibility index (Phi) is 11.4. The first-order chi connectivity index (χ1) is 23.1. The predicted octanol–water partition coefficient (Wildman–Crippen LogP) is 3.29. The number of amides is 4. The van der Waals surface area contributed by atoms with E-state index in [0.29, 0.717) is 53.4 Å². The summed E-state index contributed by atoms with van der Waals surface area (Å²) in [5.41, 5.74) is 0.589. The summed E-state index contributed by atoms with van der Waals surface area (Å²) in [7, 11) is 4.42. The van der Waals surface area contributed by atoms with E-state index in [1.54, 1.807) is 56.9 Å². The fourth-order valence-corrected chi connectivity index (χ4v) is 5.61. The maximum Gasteiger partial charge on any atom is 0.410 e. The number of hydrogen-bond acceptors (Lipinski definition) is 9. The second kappa shape index (κ2) is 15.3. The van der Waals surface area contributed by atoms with Crippen LogP contribution in [-0.2, 0) is 27.9 Å². The van der Waals surface area contributed by atoms with E-state index in [2.05, 4.69) is 20.6 Å². The molecule has 0 aliphatic carbocycles. The van der Waals surface area contributed by atoms with Crippen molar-refractivity contribution < 1.29 is 33.4 Å². The number of methoxy groups -OCH3 is 2. The van der Waals surface area contributed by atoms with Crippen molar-refractivity contribution in [3.8, 4) is 11.5 Å². The quantitative estimate of drug-likeness (QED) is 0.290. The van der Waals surface area contributed by atoms with E-state index in [-0.39, 0.29) is 24.7 Å². The zero-order chi connectivity index (χ0) is 36.0. The molecule has 1 fully saturated rings. The van der Waals surface area contributed by atoms with Gasteiger partial charge in [-0.25, -0.2) is 9.59 Å².